The molecule has 5 nitrogen and oxygen atoms in total. The number of hydrogen-bond donors (Lipinski definition) is 2. The molecule has 1 unspecified atom stereocenters. The van der Waals surface area contributed by atoms with Crippen LogP contribution in [0.1, 0.15) is 12.0 Å². The molecule has 0 saturated carbocycles. The second-order valence-corrected chi connectivity index (χ2v) is 5.02. The van der Waals surface area contributed by atoms with Crippen LogP contribution in [0.4, 0.5) is 0 Å². The molecule has 1 aromatic rings. The summed E-state index contributed by atoms with van der Waals surface area (Å²) in [6.07, 6.45) is -0.244. The van der Waals surface area contributed by atoms with Crippen molar-refractivity contribution >= 4 is 17.6 Å². The van der Waals surface area contributed by atoms with E-state index in [0.29, 0.717) is 24.7 Å². The highest BCUT2D eigenvalue weighted by Crippen LogP contribution is 2.24. The molecule has 0 bridgehead atoms. The molecule has 1 aliphatic rings. The van der Waals surface area contributed by atoms with Crippen molar-refractivity contribution in [3.8, 4) is 5.75 Å². The number of halogens is 1. The Labute approximate surface area is 116 Å². The van der Waals surface area contributed by atoms with Crippen LogP contribution in [0.5, 0.6) is 5.75 Å². The van der Waals surface area contributed by atoms with E-state index in [1.165, 1.54) is 0 Å². The summed E-state index contributed by atoms with van der Waals surface area (Å²) in [7, 11) is 0. The number of benzene rings is 1. The fourth-order valence-electron chi connectivity index (χ4n) is 2.15. The minimum atomic E-state index is -0.848. The highest BCUT2D eigenvalue weighted by molar-refractivity contribution is 6.32. The molecular formula is C13H16ClNO4. The smallest absolute Gasteiger partial charge is 0.306 e. The first kappa shape index (κ1) is 14.1. The molecule has 2 N–H and O–H groups in total. The van der Waals surface area contributed by atoms with Crippen molar-refractivity contribution in [3.63, 3.8) is 0 Å². The van der Waals surface area contributed by atoms with E-state index in [2.05, 4.69) is 4.90 Å². The van der Waals surface area contributed by atoms with Crippen LogP contribution in [0.3, 0.4) is 0 Å². The molecule has 19 heavy (non-hydrogen) atoms. The average Bonchev–Trinajstić information content (AvgIpc) is 2.33. The van der Waals surface area contributed by atoms with Crippen molar-refractivity contribution in [2.24, 2.45) is 0 Å². The number of morpholine rings is 1. The Bertz CT molecular complexity index is 466. The molecule has 0 aliphatic carbocycles. The molecule has 2 rings (SSSR count). The van der Waals surface area contributed by atoms with Gasteiger partial charge in [0.2, 0.25) is 0 Å². The molecule has 1 fully saturated rings. The first-order valence-corrected chi connectivity index (χ1v) is 6.45. The van der Waals surface area contributed by atoms with E-state index < -0.39 is 5.97 Å². The van der Waals surface area contributed by atoms with Gasteiger partial charge in [0.25, 0.3) is 0 Å². The molecule has 1 aliphatic heterocycles. The zero-order valence-electron chi connectivity index (χ0n) is 10.4. The number of aromatic hydroxyl groups is 1. The molecular weight excluding hydrogens is 270 g/mol. The molecule has 1 atom stereocenters. The first-order valence-electron chi connectivity index (χ1n) is 6.08. The van der Waals surface area contributed by atoms with E-state index in [4.69, 9.17) is 21.4 Å². The second-order valence-electron chi connectivity index (χ2n) is 4.61. The van der Waals surface area contributed by atoms with Gasteiger partial charge in [-0.3, -0.25) is 9.69 Å². The van der Waals surface area contributed by atoms with Gasteiger partial charge in [-0.05, 0) is 17.7 Å². The summed E-state index contributed by atoms with van der Waals surface area (Å²) >= 11 is 5.86. The Balaban J connectivity index is 1.94. The van der Waals surface area contributed by atoms with Gasteiger partial charge in [-0.2, -0.15) is 0 Å². The van der Waals surface area contributed by atoms with Gasteiger partial charge in [0.05, 0.1) is 24.2 Å². The van der Waals surface area contributed by atoms with E-state index in [9.17, 15) is 9.90 Å². The first-order chi connectivity index (χ1) is 9.04. The van der Waals surface area contributed by atoms with Crippen molar-refractivity contribution in [1.82, 2.24) is 4.90 Å². The molecule has 6 heteroatoms. The van der Waals surface area contributed by atoms with Gasteiger partial charge in [-0.1, -0.05) is 17.7 Å². The Morgan fingerprint density at radius 3 is 3.00 bits per heavy atom. The largest absolute Gasteiger partial charge is 0.506 e. The molecule has 1 saturated heterocycles. The number of nitrogens with zero attached hydrogens (tertiary/aromatic N) is 1. The van der Waals surface area contributed by atoms with Gasteiger partial charge in [-0.25, -0.2) is 0 Å². The molecule has 104 valence electrons. The van der Waals surface area contributed by atoms with Crippen LogP contribution in [0.2, 0.25) is 5.02 Å². The molecule has 0 spiro atoms. The predicted octanol–water partition coefficient (Wildman–Crippen LogP) is 1.72. The summed E-state index contributed by atoms with van der Waals surface area (Å²) < 4.78 is 5.41. The number of aliphatic carboxylic acids is 1. The maximum Gasteiger partial charge on any atom is 0.306 e. The second kappa shape index (κ2) is 6.23. The highest BCUT2D eigenvalue weighted by atomic mass is 35.5. The third-order valence-electron chi connectivity index (χ3n) is 3.04. The Kier molecular flexibility index (Phi) is 4.63. The number of phenols is 1. The van der Waals surface area contributed by atoms with Crippen LogP contribution in [-0.4, -0.2) is 46.9 Å². The van der Waals surface area contributed by atoms with Gasteiger partial charge < -0.3 is 14.9 Å². The number of hydrogen-bond acceptors (Lipinski definition) is 4. The zero-order valence-corrected chi connectivity index (χ0v) is 11.1. The lowest BCUT2D eigenvalue weighted by molar-refractivity contribution is -0.142. The summed E-state index contributed by atoms with van der Waals surface area (Å²) in [5, 5.41) is 18.5. The third kappa shape index (κ3) is 4.09. The lowest BCUT2D eigenvalue weighted by Crippen LogP contribution is -2.42. The normalized spacial score (nSPS) is 20.4. The topological polar surface area (TPSA) is 70.0 Å². The Morgan fingerprint density at radius 1 is 1.53 bits per heavy atom. The predicted molar refractivity (Wildman–Crippen MR) is 70.4 cm³/mol. The van der Waals surface area contributed by atoms with E-state index >= 15 is 0 Å². The fraction of sp³-hybridized carbons (Fsp3) is 0.462. The summed E-state index contributed by atoms with van der Waals surface area (Å²) in [5.41, 5.74) is 0.985. The molecule has 1 heterocycles. The van der Waals surface area contributed by atoms with Crippen molar-refractivity contribution < 1.29 is 19.7 Å². The van der Waals surface area contributed by atoms with Crippen LogP contribution in [0.15, 0.2) is 18.2 Å². The van der Waals surface area contributed by atoms with Gasteiger partial charge >= 0.3 is 5.97 Å². The van der Waals surface area contributed by atoms with Crippen LogP contribution in [-0.2, 0) is 16.1 Å². The Morgan fingerprint density at radius 2 is 2.32 bits per heavy atom. The van der Waals surface area contributed by atoms with Gasteiger partial charge in [0.15, 0.2) is 0 Å². The maximum absolute atomic E-state index is 10.7. The minimum absolute atomic E-state index is 0.0207. The number of phenolic OH excluding ortho intramolecular Hbond substituents is 1. The number of carboxylic acid groups (broad SMARTS) is 1. The van der Waals surface area contributed by atoms with Crippen molar-refractivity contribution in [2.75, 3.05) is 19.7 Å². The standard InChI is InChI=1S/C13H16ClNO4/c14-11-5-9(1-2-12(11)16)7-15-3-4-19-10(8-15)6-13(17)18/h1-2,5,10,16H,3-4,6-8H2,(H,17,18). The molecule has 0 amide bonds. The van der Waals surface area contributed by atoms with E-state index in [-0.39, 0.29) is 18.3 Å². The zero-order chi connectivity index (χ0) is 13.8. The summed E-state index contributed by atoms with van der Waals surface area (Å²) in [5.74, 6) is -0.782. The van der Waals surface area contributed by atoms with Crippen LogP contribution >= 0.6 is 11.6 Å². The number of carboxylic acids is 1. The van der Waals surface area contributed by atoms with Crippen molar-refractivity contribution in [3.05, 3.63) is 28.8 Å². The third-order valence-corrected chi connectivity index (χ3v) is 3.35. The summed E-state index contributed by atoms with van der Waals surface area (Å²) in [6.45, 7) is 2.54. The minimum Gasteiger partial charge on any atom is -0.506 e. The lowest BCUT2D eigenvalue weighted by Gasteiger charge is -2.32. The van der Waals surface area contributed by atoms with Gasteiger partial charge in [-0.15, -0.1) is 0 Å². The average molecular weight is 286 g/mol. The van der Waals surface area contributed by atoms with Crippen LogP contribution in [0, 0.1) is 0 Å². The van der Waals surface area contributed by atoms with E-state index in [1.54, 1.807) is 12.1 Å². The molecule has 1 aromatic carbocycles. The van der Waals surface area contributed by atoms with Gasteiger partial charge in [0, 0.05) is 19.6 Å². The van der Waals surface area contributed by atoms with Crippen LogP contribution < -0.4 is 0 Å². The fourth-order valence-corrected chi connectivity index (χ4v) is 2.35. The van der Waals surface area contributed by atoms with Crippen LogP contribution in [0.25, 0.3) is 0 Å². The number of carbonyl (C=O) groups is 1. The number of ether oxygens (including phenoxy) is 1. The van der Waals surface area contributed by atoms with Crippen molar-refractivity contribution in [2.45, 2.75) is 19.1 Å². The van der Waals surface area contributed by atoms with E-state index in [0.717, 1.165) is 12.1 Å². The quantitative estimate of drug-likeness (QED) is 0.881. The SMILES string of the molecule is O=C(O)CC1CN(Cc2ccc(O)c(Cl)c2)CCO1. The maximum atomic E-state index is 10.7. The van der Waals surface area contributed by atoms with Gasteiger partial charge in [0.1, 0.15) is 5.75 Å². The number of rotatable bonds is 4. The molecule has 0 radical (unpaired) electrons. The van der Waals surface area contributed by atoms with Crippen molar-refractivity contribution in [1.29, 1.82) is 0 Å². The van der Waals surface area contributed by atoms with E-state index in [1.807, 2.05) is 6.07 Å². The summed E-state index contributed by atoms with van der Waals surface area (Å²) in [6, 6.07) is 5.09. The highest BCUT2D eigenvalue weighted by Gasteiger charge is 2.22. The monoisotopic (exact) mass is 285 g/mol. The molecule has 0 aromatic heterocycles. The summed E-state index contributed by atoms with van der Waals surface area (Å²) in [4.78, 5) is 12.8. The lowest BCUT2D eigenvalue weighted by atomic mass is 10.1. The Hall–Kier alpha value is -1.30.